The standard InChI is InChI=1S/C19H27NO5/c1-13-10-14(2)19(15(3)11-13)25-12-17(21)20(7-4-18(22)23)16-5-8-24-9-6-16/h10-11,16H,4-9,12H2,1-3H3,(H,22,23). The van der Waals surface area contributed by atoms with E-state index in [1.807, 2.05) is 32.9 Å². The van der Waals surface area contributed by atoms with Gasteiger partial charge in [-0.15, -0.1) is 0 Å². The number of carboxylic acids is 1. The molecule has 1 amide bonds. The molecule has 6 nitrogen and oxygen atoms in total. The molecule has 0 atom stereocenters. The van der Waals surface area contributed by atoms with Crippen LogP contribution in [0.25, 0.3) is 0 Å². The Balaban J connectivity index is 2.04. The van der Waals surface area contributed by atoms with E-state index < -0.39 is 5.97 Å². The van der Waals surface area contributed by atoms with Crippen LogP contribution in [0.15, 0.2) is 12.1 Å². The van der Waals surface area contributed by atoms with E-state index in [4.69, 9.17) is 14.6 Å². The van der Waals surface area contributed by atoms with Crippen molar-refractivity contribution >= 4 is 11.9 Å². The van der Waals surface area contributed by atoms with Gasteiger partial charge in [0, 0.05) is 25.8 Å². The van der Waals surface area contributed by atoms with Gasteiger partial charge in [0.2, 0.25) is 0 Å². The zero-order chi connectivity index (χ0) is 18.4. The van der Waals surface area contributed by atoms with Crippen LogP contribution in [0, 0.1) is 20.8 Å². The van der Waals surface area contributed by atoms with Crippen molar-refractivity contribution in [2.45, 2.75) is 46.1 Å². The summed E-state index contributed by atoms with van der Waals surface area (Å²) in [5.41, 5.74) is 3.14. The average molecular weight is 349 g/mol. The summed E-state index contributed by atoms with van der Waals surface area (Å²) in [6.45, 7) is 7.25. The second kappa shape index (κ2) is 8.85. The zero-order valence-electron chi connectivity index (χ0n) is 15.2. The molecule has 0 spiro atoms. The van der Waals surface area contributed by atoms with E-state index in [1.165, 1.54) is 0 Å². The van der Waals surface area contributed by atoms with Gasteiger partial charge in [0.1, 0.15) is 5.75 Å². The molecule has 0 aliphatic carbocycles. The Morgan fingerprint density at radius 1 is 1.20 bits per heavy atom. The van der Waals surface area contributed by atoms with Crippen molar-refractivity contribution in [1.82, 2.24) is 4.90 Å². The fourth-order valence-corrected chi connectivity index (χ4v) is 3.34. The SMILES string of the molecule is Cc1cc(C)c(OCC(=O)N(CCC(=O)O)C2CCOCC2)c(C)c1. The van der Waals surface area contributed by atoms with Crippen LogP contribution in [-0.2, 0) is 14.3 Å². The third kappa shape index (κ3) is 5.46. The van der Waals surface area contributed by atoms with E-state index in [-0.39, 0.29) is 31.5 Å². The number of aryl methyl sites for hydroxylation is 3. The van der Waals surface area contributed by atoms with Crippen molar-refractivity contribution in [1.29, 1.82) is 0 Å². The van der Waals surface area contributed by atoms with E-state index in [0.717, 1.165) is 35.3 Å². The molecule has 0 aromatic heterocycles. The molecule has 1 heterocycles. The number of aliphatic carboxylic acids is 1. The Bertz CT molecular complexity index is 599. The highest BCUT2D eigenvalue weighted by Gasteiger charge is 2.26. The summed E-state index contributed by atoms with van der Waals surface area (Å²) >= 11 is 0. The molecule has 1 aromatic carbocycles. The third-order valence-electron chi connectivity index (χ3n) is 4.46. The molecule has 1 N–H and O–H groups in total. The number of carbonyl (C=O) groups excluding carboxylic acids is 1. The van der Waals surface area contributed by atoms with Crippen molar-refractivity contribution in [3.05, 3.63) is 28.8 Å². The average Bonchev–Trinajstić information content (AvgIpc) is 2.54. The number of ether oxygens (including phenoxy) is 2. The van der Waals surface area contributed by atoms with Crippen LogP contribution in [0.4, 0.5) is 0 Å². The first-order chi connectivity index (χ1) is 11.9. The maximum absolute atomic E-state index is 12.7. The van der Waals surface area contributed by atoms with Crippen LogP contribution in [-0.4, -0.2) is 54.3 Å². The van der Waals surface area contributed by atoms with Gasteiger partial charge in [0.15, 0.2) is 6.61 Å². The largest absolute Gasteiger partial charge is 0.483 e. The van der Waals surface area contributed by atoms with E-state index in [2.05, 4.69) is 0 Å². The number of carboxylic acid groups (broad SMARTS) is 1. The van der Waals surface area contributed by atoms with Crippen molar-refractivity contribution < 1.29 is 24.2 Å². The van der Waals surface area contributed by atoms with E-state index in [1.54, 1.807) is 4.90 Å². The van der Waals surface area contributed by atoms with Crippen LogP contribution in [0.3, 0.4) is 0 Å². The van der Waals surface area contributed by atoms with Gasteiger partial charge in [0.25, 0.3) is 5.91 Å². The molecular weight excluding hydrogens is 322 g/mol. The molecule has 1 aliphatic heterocycles. The summed E-state index contributed by atoms with van der Waals surface area (Å²) in [4.78, 5) is 25.2. The third-order valence-corrected chi connectivity index (χ3v) is 4.46. The molecule has 1 aliphatic rings. The van der Waals surface area contributed by atoms with E-state index in [9.17, 15) is 9.59 Å². The van der Waals surface area contributed by atoms with Crippen LogP contribution in [0.1, 0.15) is 36.0 Å². The number of amides is 1. The predicted octanol–water partition coefficient (Wildman–Crippen LogP) is 2.47. The predicted molar refractivity (Wildman–Crippen MR) is 94.0 cm³/mol. The number of nitrogens with zero attached hydrogens (tertiary/aromatic N) is 1. The molecular formula is C19H27NO5. The summed E-state index contributed by atoms with van der Waals surface area (Å²) in [5.74, 6) is -0.354. The summed E-state index contributed by atoms with van der Waals surface area (Å²) in [7, 11) is 0. The van der Waals surface area contributed by atoms with Crippen LogP contribution < -0.4 is 4.74 Å². The number of rotatable bonds is 7. The molecule has 25 heavy (non-hydrogen) atoms. The highest BCUT2D eigenvalue weighted by atomic mass is 16.5. The Morgan fingerprint density at radius 2 is 1.80 bits per heavy atom. The number of benzene rings is 1. The molecule has 1 saturated heterocycles. The first-order valence-corrected chi connectivity index (χ1v) is 8.68. The molecule has 6 heteroatoms. The minimum atomic E-state index is -0.906. The minimum Gasteiger partial charge on any atom is -0.483 e. The minimum absolute atomic E-state index is 0.0180. The highest BCUT2D eigenvalue weighted by Crippen LogP contribution is 2.25. The Morgan fingerprint density at radius 3 is 2.36 bits per heavy atom. The topological polar surface area (TPSA) is 76.1 Å². The van der Waals surface area contributed by atoms with Gasteiger partial charge in [-0.05, 0) is 44.7 Å². The maximum atomic E-state index is 12.7. The summed E-state index contributed by atoms with van der Waals surface area (Å²) in [6, 6.07) is 4.06. The molecule has 0 saturated carbocycles. The quantitative estimate of drug-likeness (QED) is 0.818. The van der Waals surface area contributed by atoms with Gasteiger partial charge in [-0.2, -0.15) is 0 Å². The van der Waals surface area contributed by atoms with Crippen molar-refractivity contribution in [3.8, 4) is 5.75 Å². The van der Waals surface area contributed by atoms with E-state index >= 15 is 0 Å². The smallest absolute Gasteiger partial charge is 0.305 e. The lowest BCUT2D eigenvalue weighted by atomic mass is 10.1. The molecule has 2 rings (SSSR count). The lowest BCUT2D eigenvalue weighted by molar-refractivity contribution is -0.141. The van der Waals surface area contributed by atoms with Gasteiger partial charge in [-0.1, -0.05) is 17.7 Å². The van der Waals surface area contributed by atoms with Gasteiger partial charge in [-0.25, -0.2) is 0 Å². The van der Waals surface area contributed by atoms with Crippen LogP contribution in [0.5, 0.6) is 5.75 Å². The normalized spacial score (nSPS) is 15.0. The summed E-state index contributed by atoms with van der Waals surface area (Å²) in [6.07, 6.45) is 1.40. The van der Waals surface area contributed by atoms with Gasteiger partial charge in [-0.3, -0.25) is 9.59 Å². The highest BCUT2D eigenvalue weighted by molar-refractivity contribution is 5.79. The molecule has 0 bridgehead atoms. The Hall–Kier alpha value is -2.08. The first kappa shape index (κ1) is 19.2. The molecule has 138 valence electrons. The fraction of sp³-hybridized carbons (Fsp3) is 0.579. The molecule has 1 fully saturated rings. The summed E-state index contributed by atoms with van der Waals surface area (Å²) in [5, 5.41) is 8.96. The maximum Gasteiger partial charge on any atom is 0.305 e. The van der Waals surface area contributed by atoms with Crippen LogP contribution in [0.2, 0.25) is 0 Å². The van der Waals surface area contributed by atoms with Crippen molar-refractivity contribution in [2.75, 3.05) is 26.4 Å². The number of hydrogen-bond acceptors (Lipinski definition) is 4. The fourth-order valence-electron chi connectivity index (χ4n) is 3.34. The second-order valence-electron chi connectivity index (χ2n) is 6.59. The second-order valence-corrected chi connectivity index (χ2v) is 6.59. The molecule has 1 aromatic rings. The Kier molecular flexibility index (Phi) is 6.82. The Labute approximate surface area is 148 Å². The number of hydrogen-bond donors (Lipinski definition) is 1. The lowest BCUT2D eigenvalue weighted by Gasteiger charge is -2.34. The van der Waals surface area contributed by atoms with E-state index in [0.29, 0.717) is 13.2 Å². The molecule has 0 radical (unpaired) electrons. The lowest BCUT2D eigenvalue weighted by Crippen LogP contribution is -2.46. The van der Waals surface area contributed by atoms with Gasteiger partial charge < -0.3 is 19.5 Å². The monoisotopic (exact) mass is 349 g/mol. The van der Waals surface area contributed by atoms with Gasteiger partial charge in [0.05, 0.1) is 6.42 Å². The van der Waals surface area contributed by atoms with Crippen LogP contribution >= 0.6 is 0 Å². The summed E-state index contributed by atoms with van der Waals surface area (Å²) < 4.78 is 11.1. The van der Waals surface area contributed by atoms with Gasteiger partial charge >= 0.3 is 5.97 Å². The zero-order valence-corrected chi connectivity index (χ0v) is 15.2. The molecule has 0 unspecified atom stereocenters. The van der Waals surface area contributed by atoms with Crippen molar-refractivity contribution in [3.63, 3.8) is 0 Å². The van der Waals surface area contributed by atoms with Crippen molar-refractivity contribution in [2.24, 2.45) is 0 Å². The first-order valence-electron chi connectivity index (χ1n) is 8.68. The number of carbonyl (C=O) groups is 2.